The van der Waals surface area contributed by atoms with Crippen molar-refractivity contribution in [3.05, 3.63) is 83.6 Å². The van der Waals surface area contributed by atoms with E-state index >= 15 is 0 Å². The highest BCUT2D eigenvalue weighted by molar-refractivity contribution is 14.1. The number of hydrazone groups is 1. The molecule has 4 aromatic rings. The first-order chi connectivity index (χ1) is 15.0. The van der Waals surface area contributed by atoms with Crippen molar-refractivity contribution in [1.82, 2.24) is 9.99 Å². The minimum atomic E-state index is -0.297. The molecule has 6 nitrogen and oxygen atoms in total. The van der Waals surface area contributed by atoms with Crippen LogP contribution in [0.25, 0.3) is 21.8 Å². The van der Waals surface area contributed by atoms with Crippen LogP contribution in [-0.2, 0) is 11.3 Å². The first kappa shape index (κ1) is 21.8. The van der Waals surface area contributed by atoms with Gasteiger partial charge in [0.1, 0.15) is 12.3 Å². The van der Waals surface area contributed by atoms with Gasteiger partial charge in [0.15, 0.2) is 5.43 Å². The number of fused-ring (bicyclic) bond motifs is 2. The Morgan fingerprint density at radius 1 is 1.06 bits per heavy atom. The molecule has 1 aromatic heterocycles. The number of carbonyl (C=O) groups is 1. The first-order valence-electron chi connectivity index (χ1n) is 9.35. The number of ether oxygens (including phenoxy) is 1. The van der Waals surface area contributed by atoms with Crippen molar-refractivity contribution in [2.24, 2.45) is 5.10 Å². The van der Waals surface area contributed by atoms with Crippen LogP contribution in [0.4, 0.5) is 0 Å². The van der Waals surface area contributed by atoms with E-state index in [9.17, 15) is 9.59 Å². The average molecular weight is 637 g/mol. The lowest BCUT2D eigenvalue weighted by atomic mass is 10.1. The monoisotopic (exact) mass is 637 g/mol. The SMILES string of the molecule is COc1c(I)cc(I)cc1C=NNC(=O)Cn1c2ccccc2c(=O)c2ccccc21. The van der Waals surface area contributed by atoms with Gasteiger partial charge in [-0.3, -0.25) is 9.59 Å². The summed E-state index contributed by atoms with van der Waals surface area (Å²) >= 11 is 4.43. The van der Waals surface area contributed by atoms with E-state index in [1.54, 1.807) is 25.5 Å². The Bertz CT molecular complexity index is 1340. The fourth-order valence-corrected chi connectivity index (χ4v) is 5.60. The first-order valence-corrected chi connectivity index (χ1v) is 11.5. The fraction of sp³-hybridized carbons (Fsp3) is 0.0870. The van der Waals surface area contributed by atoms with Gasteiger partial charge in [-0.1, -0.05) is 24.3 Å². The predicted molar refractivity (Wildman–Crippen MR) is 140 cm³/mol. The Balaban J connectivity index is 1.65. The molecule has 0 aliphatic heterocycles. The van der Waals surface area contributed by atoms with Crippen LogP contribution in [0.2, 0.25) is 0 Å². The molecule has 0 bridgehead atoms. The number of rotatable bonds is 5. The zero-order valence-corrected chi connectivity index (χ0v) is 20.7. The highest BCUT2D eigenvalue weighted by atomic mass is 127. The third-order valence-electron chi connectivity index (χ3n) is 4.81. The number of aromatic nitrogens is 1. The van der Waals surface area contributed by atoms with E-state index in [4.69, 9.17) is 4.74 Å². The van der Waals surface area contributed by atoms with Crippen LogP contribution in [0.1, 0.15) is 5.56 Å². The lowest BCUT2D eigenvalue weighted by Gasteiger charge is -2.14. The summed E-state index contributed by atoms with van der Waals surface area (Å²) in [5.74, 6) is 0.408. The zero-order chi connectivity index (χ0) is 22.0. The average Bonchev–Trinajstić information content (AvgIpc) is 2.76. The molecule has 4 rings (SSSR count). The topological polar surface area (TPSA) is 72.7 Å². The van der Waals surface area contributed by atoms with Gasteiger partial charge >= 0.3 is 0 Å². The van der Waals surface area contributed by atoms with Crippen molar-refractivity contribution < 1.29 is 9.53 Å². The molecule has 3 aromatic carbocycles. The molecule has 0 unspecified atom stereocenters. The van der Waals surface area contributed by atoms with Gasteiger partial charge in [-0.25, -0.2) is 5.43 Å². The van der Waals surface area contributed by atoms with Gasteiger partial charge in [-0.2, -0.15) is 5.10 Å². The third-order valence-corrected chi connectivity index (χ3v) is 6.24. The zero-order valence-electron chi connectivity index (χ0n) is 16.4. The van der Waals surface area contributed by atoms with E-state index in [1.165, 1.54) is 0 Å². The second-order valence-corrected chi connectivity index (χ2v) is 9.16. The summed E-state index contributed by atoms with van der Waals surface area (Å²) < 4.78 is 9.29. The number of hydrogen-bond acceptors (Lipinski definition) is 4. The Morgan fingerprint density at radius 3 is 2.29 bits per heavy atom. The van der Waals surface area contributed by atoms with Crippen molar-refractivity contribution >= 4 is 79.1 Å². The molecule has 8 heteroatoms. The van der Waals surface area contributed by atoms with Gasteiger partial charge in [-0.05, 0) is 81.6 Å². The summed E-state index contributed by atoms with van der Waals surface area (Å²) in [6.45, 7) is 0.0274. The maximum absolute atomic E-state index is 12.8. The maximum Gasteiger partial charge on any atom is 0.260 e. The molecule has 1 amide bonds. The highest BCUT2D eigenvalue weighted by Gasteiger charge is 2.13. The van der Waals surface area contributed by atoms with Gasteiger partial charge in [-0.15, -0.1) is 0 Å². The molecule has 1 N–H and O–H groups in total. The van der Waals surface area contributed by atoms with E-state index in [1.807, 2.05) is 53.1 Å². The third kappa shape index (κ3) is 4.45. The van der Waals surface area contributed by atoms with Crippen LogP contribution < -0.4 is 15.6 Å². The van der Waals surface area contributed by atoms with Gasteiger partial charge in [0.2, 0.25) is 0 Å². The second-order valence-electron chi connectivity index (χ2n) is 6.75. The molecule has 0 saturated heterocycles. The van der Waals surface area contributed by atoms with E-state index < -0.39 is 0 Å². The molecule has 156 valence electrons. The number of nitrogens with zero attached hydrogens (tertiary/aromatic N) is 2. The largest absolute Gasteiger partial charge is 0.495 e. The standard InChI is InChI=1S/C23H17I2N3O3/c1-31-23-14(10-15(24)11-18(23)25)12-26-27-21(29)13-28-19-8-4-2-6-16(19)22(30)17-7-3-5-9-20(17)28/h2-12H,13H2,1H3,(H,27,29). The van der Waals surface area contributed by atoms with Gasteiger partial charge in [0.25, 0.3) is 5.91 Å². The molecule has 0 spiro atoms. The summed E-state index contributed by atoms with van der Waals surface area (Å²) in [6.07, 6.45) is 1.57. The van der Waals surface area contributed by atoms with Crippen LogP contribution in [0.3, 0.4) is 0 Å². The maximum atomic E-state index is 12.8. The summed E-state index contributed by atoms with van der Waals surface area (Å²) in [4.78, 5) is 25.5. The molecule has 0 radical (unpaired) electrons. The Hall–Kier alpha value is -2.47. The molecular formula is C23H17I2N3O3. The van der Waals surface area contributed by atoms with Crippen LogP contribution >= 0.6 is 45.2 Å². The number of carbonyl (C=O) groups excluding carboxylic acids is 1. The van der Waals surface area contributed by atoms with Crippen molar-refractivity contribution in [2.45, 2.75) is 6.54 Å². The van der Waals surface area contributed by atoms with E-state index in [0.29, 0.717) is 27.6 Å². The van der Waals surface area contributed by atoms with E-state index in [0.717, 1.165) is 12.7 Å². The van der Waals surface area contributed by atoms with Crippen LogP contribution in [0.15, 0.2) is 70.6 Å². The molecule has 0 atom stereocenters. The smallest absolute Gasteiger partial charge is 0.260 e. The van der Waals surface area contributed by atoms with E-state index in [2.05, 4.69) is 55.7 Å². The van der Waals surface area contributed by atoms with Crippen LogP contribution in [-0.4, -0.2) is 23.8 Å². The van der Waals surface area contributed by atoms with Crippen LogP contribution in [0.5, 0.6) is 5.75 Å². The van der Waals surface area contributed by atoms with Gasteiger partial charge in [0.05, 0.1) is 27.9 Å². The van der Waals surface area contributed by atoms with Gasteiger partial charge in [0, 0.05) is 19.9 Å². The second kappa shape index (κ2) is 9.35. The van der Waals surface area contributed by atoms with Crippen LogP contribution in [0, 0.1) is 7.14 Å². The normalized spacial score (nSPS) is 11.3. The Kier molecular flexibility index (Phi) is 6.56. The predicted octanol–water partition coefficient (Wildman–Crippen LogP) is 4.52. The molecule has 31 heavy (non-hydrogen) atoms. The molecule has 0 fully saturated rings. The van der Waals surface area contributed by atoms with Crippen molar-refractivity contribution in [1.29, 1.82) is 0 Å². The number of hydrogen-bond donors (Lipinski definition) is 1. The lowest BCUT2D eigenvalue weighted by Crippen LogP contribution is -2.25. The number of para-hydroxylation sites is 2. The highest BCUT2D eigenvalue weighted by Crippen LogP contribution is 2.27. The summed E-state index contributed by atoms with van der Waals surface area (Å²) in [6, 6.07) is 18.5. The van der Waals surface area contributed by atoms with Crippen molar-refractivity contribution in [3.8, 4) is 5.75 Å². The van der Waals surface area contributed by atoms with E-state index in [-0.39, 0.29) is 17.9 Å². The Labute approximate surface area is 205 Å². The number of nitrogens with one attached hydrogen (secondary N) is 1. The summed E-state index contributed by atoms with van der Waals surface area (Å²) in [5, 5.41) is 5.28. The summed E-state index contributed by atoms with van der Waals surface area (Å²) in [5.41, 5.74) is 4.74. The lowest BCUT2D eigenvalue weighted by molar-refractivity contribution is -0.121. The molecule has 0 aliphatic carbocycles. The Morgan fingerprint density at radius 2 is 1.68 bits per heavy atom. The number of halogens is 2. The molecule has 0 saturated carbocycles. The molecular weight excluding hydrogens is 620 g/mol. The number of amides is 1. The minimum absolute atomic E-state index is 0.0274. The fourth-order valence-electron chi connectivity index (χ4n) is 3.49. The van der Waals surface area contributed by atoms with Gasteiger partial charge < -0.3 is 9.30 Å². The number of pyridine rings is 1. The van der Waals surface area contributed by atoms with Crippen molar-refractivity contribution in [2.75, 3.05) is 7.11 Å². The van der Waals surface area contributed by atoms with Crippen molar-refractivity contribution in [3.63, 3.8) is 0 Å². The minimum Gasteiger partial charge on any atom is -0.495 e. The molecule has 0 aliphatic rings. The summed E-state index contributed by atoms with van der Waals surface area (Å²) in [7, 11) is 1.60. The number of methoxy groups -OCH3 is 1. The number of benzene rings is 3. The molecule has 1 heterocycles. The quantitative estimate of drug-likeness (QED) is 0.152.